The molecule has 0 fully saturated rings. The van der Waals surface area contributed by atoms with Crippen molar-refractivity contribution in [2.45, 2.75) is 6.92 Å². The molecule has 0 aromatic heterocycles. The van der Waals surface area contributed by atoms with E-state index in [2.05, 4.69) is 0 Å². The molecular formula is C10H11NO4S. The van der Waals surface area contributed by atoms with E-state index in [-0.39, 0.29) is 5.56 Å². The fraction of sp³-hybridized carbons (Fsp3) is 0.200. The van der Waals surface area contributed by atoms with Crippen molar-refractivity contribution < 1.29 is 18.0 Å². The monoisotopic (exact) mass is 241 g/mol. The van der Waals surface area contributed by atoms with Crippen LogP contribution in [-0.2, 0) is 14.8 Å². The average molecular weight is 241 g/mol. The largest absolute Gasteiger partial charge is 0.299 e. The Hall–Kier alpha value is -1.69. The number of Topliss-reactive ketones (excluding diaryl/α,β-unsaturated/α-hetero) is 1. The van der Waals surface area contributed by atoms with Crippen molar-refractivity contribution in [2.75, 3.05) is 5.75 Å². The molecule has 0 saturated carbocycles. The smallest absolute Gasteiger partial charge is 0.264 e. The van der Waals surface area contributed by atoms with Gasteiger partial charge in [0, 0.05) is 5.56 Å². The van der Waals surface area contributed by atoms with Gasteiger partial charge in [0.05, 0.1) is 0 Å². The number of carbonyl (C=O) groups is 2. The van der Waals surface area contributed by atoms with E-state index in [4.69, 9.17) is 0 Å². The lowest BCUT2D eigenvalue weighted by Crippen LogP contribution is -2.34. The normalized spacial score (nSPS) is 10.8. The van der Waals surface area contributed by atoms with Crippen LogP contribution in [0, 0.1) is 0 Å². The zero-order chi connectivity index (χ0) is 12.2. The molecule has 0 bridgehead atoms. The zero-order valence-electron chi connectivity index (χ0n) is 8.64. The van der Waals surface area contributed by atoms with Gasteiger partial charge in [-0.25, -0.2) is 13.1 Å². The van der Waals surface area contributed by atoms with Crippen molar-refractivity contribution in [3.8, 4) is 0 Å². The summed E-state index contributed by atoms with van der Waals surface area (Å²) >= 11 is 0. The van der Waals surface area contributed by atoms with E-state index < -0.39 is 27.5 Å². The first-order chi connectivity index (χ1) is 7.41. The molecule has 5 nitrogen and oxygen atoms in total. The molecule has 0 atom stereocenters. The lowest BCUT2D eigenvalue weighted by Gasteiger charge is -2.04. The molecule has 0 spiro atoms. The van der Waals surface area contributed by atoms with Gasteiger partial charge in [-0.1, -0.05) is 18.2 Å². The second-order valence-electron chi connectivity index (χ2n) is 3.26. The molecule has 0 radical (unpaired) electrons. The molecule has 1 aromatic rings. The van der Waals surface area contributed by atoms with Gasteiger partial charge >= 0.3 is 0 Å². The summed E-state index contributed by atoms with van der Waals surface area (Å²) in [5.74, 6) is -1.94. The number of amides is 1. The fourth-order valence-electron chi connectivity index (χ4n) is 1.09. The Kier molecular flexibility index (Phi) is 3.78. The van der Waals surface area contributed by atoms with Crippen LogP contribution < -0.4 is 4.72 Å². The molecule has 0 aliphatic rings. The van der Waals surface area contributed by atoms with Gasteiger partial charge < -0.3 is 0 Å². The molecule has 6 heteroatoms. The maximum atomic E-state index is 11.4. The minimum atomic E-state index is -3.88. The Morgan fingerprint density at radius 1 is 1.19 bits per heavy atom. The Balaban J connectivity index is 2.76. The minimum Gasteiger partial charge on any atom is -0.299 e. The highest BCUT2D eigenvalue weighted by Gasteiger charge is 2.17. The SMILES string of the molecule is CC(=O)CS(=O)(=O)NC(=O)c1ccccc1. The Labute approximate surface area is 93.5 Å². The van der Waals surface area contributed by atoms with Gasteiger partial charge in [0.2, 0.25) is 10.0 Å². The van der Waals surface area contributed by atoms with E-state index in [9.17, 15) is 18.0 Å². The van der Waals surface area contributed by atoms with Crippen molar-refractivity contribution in [1.82, 2.24) is 4.72 Å². The molecule has 16 heavy (non-hydrogen) atoms. The third-order valence-electron chi connectivity index (χ3n) is 1.68. The second-order valence-corrected chi connectivity index (χ2v) is 4.98. The summed E-state index contributed by atoms with van der Waals surface area (Å²) in [7, 11) is -3.88. The van der Waals surface area contributed by atoms with Crippen LogP contribution in [0.25, 0.3) is 0 Å². The standard InChI is InChI=1S/C10H11NO4S/c1-8(12)7-16(14,15)11-10(13)9-5-3-2-4-6-9/h2-6H,7H2,1H3,(H,11,13). The van der Waals surface area contributed by atoms with Crippen LogP contribution in [0.5, 0.6) is 0 Å². The summed E-state index contributed by atoms with van der Waals surface area (Å²) in [6.07, 6.45) is 0. The van der Waals surface area contributed by atoms with Gasteiger partial charge in [0.1, 0.15) is 11.5 Å². The van der Waals surface area contributed by atoms with Gasteiger partial charge in [-0.15, -0.1) is 0 Å². The fourth-order valence-corrected chi connectivity index (χ4v) is 2.10. The highest BCUT2D eigenvalue weighted by Crippen LogP contribution is 1.99. The van der Waals surface area contributed by atoms with Crippen LogP contribution >= 0.6 is 0 Å². The Morgan fingerprint density at radius 3 is 2.25 bits per heavy atom. The van der Waals surface area contributed by atoms with Crippen molar-refractivity contribution >= 4 is 21.7 Å². The predicted octanol–water partition coefficient (Wildman–Crippen LogP) is 0.335. The number of benzene rings is 1. The molecule has 0 aliphatic carbocycles. The number of hydrogen-bond acceptors (Lipinski definition) is 4. The first-order valence-corrected chi connectivity index (χ1v) is 6.15. The van der Waals surface area contributed by atoms with Crippen LogP contribution in [0.1, 0.15) is 17.3 Å². The van der Waals surface area contributed by atoms with Crippen LogP contribution in [0.3, 0.4) is 0 Å². The number of hydrogen-bond donors (Lipinski definition) is 1. The van der Waals surface area contributed by atoms with E-state index in [0.717, 1.165) is 6.92 Å². The molecule has 86 valence electrons. The van der Waals surface area contributed by atoms with E-state index in [0.29, 0.717) is 0 Å². The zero-order valence-corrected chi connectivity index (χ0v) is 9.45. The summed E-state index contributed by atoms with van der Waals surface area (Å²) in [4.78, 5) is 22.1. The summed E-state index contributed by atoms with van der Waals surface area (Å²) in [5, 5.41) is 0. The van der Waals surface area contributed by atoms with Crippen LogP contribution in [0.15, 0.2) is 30.3 Å². The van der Waals surface area contributed by atoms with Gasteiger partial charge in [0.25, 0.3) is 5.91 Å². The summed E-state index contributed by atoms with van der Waals surface area (Å²) in [6, 6.07) is 7.91. The van der Waals surface area contributed by atoms with Gasteiger partial charge in [-0.3, -0.25) is 9.59 Å². The topological polar surface area (TPSA) is 80.3 Å². The third kappa shape index (κ3) is 3.82. The number of sulfonamides is 1. The van der Waals surface area contributed by atoms with E-state index in [1.165, 1.54) is 12.1 Å². The molecule has 0 heterocycles. The van der Waals surface area contributed by atoms with Crippen molar-refractivity contribution in [3.05, 3.63) is 35.9 Å². The first kappa shape index (κ1) is 12.4. The number of ketones is 1. The second kappa shape index (κ2) is 4.89. The molecule has 0 saturated heterocycles. The third-order valence-corrected chi connectivity index (χ3v) is 2.96. The Bertz CT molecular complexity index is 493. The van der Waals surface area contributed by atoms with Crippen LogP contribution in [0.4, 0.5) is 0 Å². The summed E-state index contributed by atoms with van der Waals surface area (Å²) < 4.78 is 24.4. The van der Waals surface area contributed by atoms with Crippen molar-refractivity contribution in [2.24, 2.45) is 0 Å². The summed E-state index contributed by atoms with van der Waals surface area (Å²) in [6.45, 7) is 1.15. The highest BCUT2D eigenvalue weighted by atomic mass is 32.2. The van der Waals surface area contributed by atoms with Gasteiger partial charge in [-0.05, 0) is 19.1 Å². The lowest BCUT2D eigenvalue weighted by molar-refractivity contribution is -0.114. The Morgan fingerprint density at radius 2 is 1.75 bits per heavy atom. The number of rotatable bonds is 4. The van der Waals surface area contributed by atoms with Gasteiger partial charge in [0.15, 0.2) is 0 Å². The molecule has 0 aliphatic heterocycles. The maximum absolute atomic E-state index is 11.4. The predicted molar refractivity (Wildman–Crippen MR) is 58.4 cm³/mol. The van der Waals surface area contributed by atoms with Crippen LogP contribution in [0.2, 0.25) is 0 Å². The molecular weight excluding hydrogens is 230 g/mol. The van der Waals surface area contributed by atoms with E-state index >= 15 is 0 Å². The highest BCUT2D eigenvalue weighted by molar-refractivity contribution is 7.90. The molecule has 1 aromatic carbocycles. The number of carbonyl (C=O) groups excluding carboxylic acids is 2. The molecule has 1 rings (SSSR count). The molecule has 1 N–H and O–H groups in total. The summed E-state index contributed by atoms with van der Waals surface area (Å²) in [5.41, 5.74) is 0.231. The first-order valence-electron chi connectivity index (χ1n) is 4.50. The van der Waals surface area contributed by atoms with Gasteiger partial charge in [-0.2, -0.15) is 0 Å². The van der Waals surface area contributed by atoms with Crippen LogP contribution in [-0.4, -0.2) is 25.9 Å². The quantitative estimate of drug-likeness (QED) is 0.824. The van der Waals surface area contributed by atoms with E-state index in [1.54, 1.807) is 18.2 Å². The minimum absolute atomic E-state index is 0.231. The molecule has 0 unspecified atom stereocenters. The number of nitrogens with one attached hydrogen (secondary N) is 1. The maximum Gasteiger partial charge on any atom is 0.264 e. The average Bonchev–Trinajstić information content (AvgIpc) is 2.16. The van der Waals surface area contributed by atoms with Crippen molar-refractivity contribution in [1.29, 1.82) is 0 Å². The van der Waals surface area contributed by atoms with Crippen molar-refractivity contribution in [3.63, 3.8) is 0 Å². The molecule has 1 amide bonds. The van der Waals surface area contributed by atoms with E-state index in [1.807, 2.05) is 4.72 Å². The lowest BCUT2D eigenvalue weighted by atomic mass is 10.2.